The maximum absolute atomic E-state index is 11.5. The van der Waals surface area contributed by atoms with Crippen molar-refractivity contribution in [3.63, 3.8) is 0 Å². The zero-order valence-electron chi connectivity index (χ0n) is 13.3. The van der Waals surface area contributed by atoms with Gasteiger partial charge in [-0.05, 0) is 42.0 Å². The van der Waals surface area contributed by atoms with E-state index in [9.17, 15) is 9.90 Å². The van der Waals surface area contributed by atoms with E-state index in [2.05, 4.69) is 25.0 Å². The first kappa shape index (κ1) is 14.1. The molecule has 1 aliphatic rings. The quantitative estimate of drug-likeness (QED) is 0.778. The third kappa shape index (κ3) is 2.15. The third-order valence-electron chi connectivity index (χ3n) is 4.43. The van der Waals surface area contributed by atoms with Gasteiger partial charge in [-0.1, -0.05) is 19.9 Å². The van der Waals surface area contributed by atoms with Crippen LogP contribution in [0.15, 0.2) is 24.4 Å². The molecule has 2 aromatic heterocycles. The highest BCUT2D eigenvalue weighted by Gasteiger charge is 2.26. The lowest BCUT2D eigenvalue weighted by Crippen LogP contribution is -2.05. The fraction of sp³-hybridized carbons (Fsp3) is 0.333. The Labute approximate surface area is 133 Å². The number of carbonyl (C=O) groups is 1. The average molecular weight is 309 g/mol. The minimum Gasteiger partial charge on any atom is -0.478 e. The first-order chi connectivity index (χ1) is 11.0. The molecular formula is C18H19N3O2. The molecule has 23 heavy (non-hydrogen) atoms. The van der Waals surface area contributed by atoms with E-state index in [1.165, 1.54) is 5.56 Å². The van der Waals surface area contributed by atoms with Crippen molar-refractivity contribution >= 4 is 16.9 Å². The lowest BCUT2D eigenvalue weighted by molar-refractivity contribution is 0.0699. The first-order valence-electron chi connectivity index (χ1n) is 7.98. The lowest BCUT2D eigenvalue weighted by atomic mass is 9.92. The Hall–Kier alpha value is -2.56. The van der Waals surface area contributed by atoms with E-state index in [4.69, 9.17) is 5.10 Å². The number of aromatic nitrogens is 3. The summed E-state index contributed by atoms with van der Waals surface area (Å²) in [6.07, 6.45) is 3.88. The largest absolute Gasteiger partial charge is 0.478 e. The predicted octanol–water partition coefficient (Wildman–Crippen LogP) is 3.48. The van der Waals surface area contributed by atoms with Crippen molar-refractivity contribution < 1.29 is 9.90 Å². The lowest BCUT2D eigenvalue weighted by Gasteiger charge is -2.11. The Morgan fingerprint density at radius 3 is 2.96 bits per heavy atom. The molecule has 0 fully saturated rings. The number of benzene rings is 1. The molecule has 0 aliphatic heterocycles. The van der Waals surface area contributed by atoms with Crippen molar-refractivity contribution in [3.8, 4) is 11.4 Å². The fourth-order valence-corrected chi connectivity index (χ4v) is 3.53. The summed E-state index contributed by atoms with van der Waals surface area (Å²) in [5.41, 5.74) is 5.52. The molecule has 5 heteroatoms. The van der Waals surface area contributed by atoms with Crippen molar-refractivity contribution in [3.05, 3.63) is 41.1 Å². The van der Waals surface area contributed by atoms with Crippen LogP contribution in [0.1, 0.15) is 35.3 Å². The third-order valence-corrected chi connectivity index (χ3v) is 4.43. The van der Waals surface area contributed by atoms with Gasteiger partial charge in [0.05, 0.1) is 11.3 Å². The van der Waals surface area contributed by atoms with Crippen LogP contribution in [0.5, 0.6) is 0 Å². The minimum atomic E-state index is -0.881. The molecule has 118 valence electrons. The molecule has 2 N–H and O–H groups in total. The van der Waals surface area contributed by atoms with Gasteiger partial charge < -0.3 is 10.1 Å². The predicted molar refractivity (Wildman–Crippen MR) is 88.7 cm³/mol. The molecule has 1 aliphatic carbocycles. The number of nitrogens with one attached hydrogen (secondary N) is 1. The fourth-order valence-electron chi connectivity index (χ4n) is 3.53. The molecule has 0 saturated carbocycles. The van der Waals surface area contributed by atoms with Gasteiger partial charge in [-0.2, -0.15) is 5.10 Å². The number of carboxylic acid groups (broad SMARTS) is 1. The van der Waals surface area contributed by atoms with Crippen LogP contribution in [0.4, 0.5) is 0 Å². The number of aromatic carboxylic acids is 1. The van der Waals surface area contributed by atoms with Crippen LogP contribution in [0.2, 0.25) is 0 Å². The molecule has 3 aromatic rings. The van der Waals surface area contributed by atoms with E-state index in [0.29, 0.717) is 11.5 Å². The second kappa shape index (κ2) is 4.98. The maximum atomic E-state index is 11.5. The van der Waals surface area contributed by atoms with E-state index >= 15 is 0 Å². The van der Waals surface area contributed by atoms with Crippen molar-refractivity contribution in [2.75, 3.05) is 0 Å². The molecule has 2 heterocycles. The van der Waals surface area contributed by atoms with Gasteiger partial charge in [0.15, 0.2) is 0 Å². The molecule has 4 rings (SSSR count). The van der Waals surface area contributed by atoms with Gasteiger partial charge in [-0.15, -0.1) is 0 Å². The van der Waals surface area contributed by atoms with Crippen molar-refractivity contribution in [1.29, 1.82) is 0 Å². The van der Waals surface area contributed by atoms with Crippen LogP contribution >= 0.6 is 0 Å². The highest BCUT2D eigenvalue weighted by molar-refractivity contribution is 6.06. The Morgan fingerprint density at radius 1 is 1.39 bits per heavy atom. The number of nitrogens with zero attached hydrogens (tertiary/aromatic N) is 2. The zero-order valence-corrected chi connectivity index (χ0v) is 13.3. The average Bonchev–Trinajstić information content (AvgIpc) is 3.05. The number of aryl methyl sites for hydroxylation is 2. The standard InChI is InChI=1S/C18H19N3O2/c1-10(2)8-21-9-11-6-7-12-15-13(18(22)23)4-3-5-14(15)19-17(12)16(11)20-21/h3-5,9-10,19H,6-8H2,1-2H3,(H,22,23). The van der Waals surface area contributed by atoms with Crippen LogP contribution in [0.25, 0.3) is 22.3 Å². The van der Waals surface area contributed by atoms with Crippen LogP contribution in [0.3, 0.4) is 0 Å². The number of hydrogen-bond acceptors (Lipinski definition) is 2. The SMILES string of the molecule is CC(C)Cn1cc2c(n1)-c1[nH]c3cccc(C(=O)O)c3c1CC2. The molecule has 0 amide bonds. The molecule has 0 unspecified atom stereocenters. The molecule has 5 nitrogen and oxygen atoms in total. The number of H-pyrrole nitrogens is 1. The zero-order chi connectivity index (χ0) is 16.1. The van der Waals surface area contributed by atoms with Gasteiger partial charge in [0.2, 0.25) is 0 Å². The van der Waals surface area contributed by atoms with Crippen molar-refractivity contribution in [2.24, 2.45) is 5.92 Å². The van der Waals surface area contributed by atoms with Gasteiger partial charge in [0, 0.05) is 23.6 Å². The van der Waals surface area contributed by atoms with Crippen molar-refractivity contribution in [1.82, 2.24) is 14.8 Å². The molecular weight excluding hydrogens is 290 g/mol. The van der Waals surface area contributed by atoms with E-state index < -0.39 is 5.97 Å². The van der Waals surface area contributed by atoms with Gasteiger partial charge in [-0.25, -0.2) is 4.79 Å². The second-order valence-corrected chi connectivity index (χ2v) is 6.63. The highest BCUT2D eigenvalue weighted by atomic mass is 16.4. The Bertz CT molecular complexity index is 918. The molecule has 0 saturated heterocycles. The van der Waals surface area contributed by atoms with E-state index in [0.717, 1.165) is 47.2 Å². The molecule has 0 radical (unpaired) electrons. The summed E-state index contributed by atoms with van der Waals surface area (Å²) < 4.78 is 2.01. The summed E-state index contributed by atoms with van der Waals surface area (Å²) in [4.78, 5) is 14.9. The Kier molecular flexibility index (Phi) is 3.04. The summed E-state index contributed by atoms with van der Waals surface area (Å²) in [5.74, 6) is -0.342. The van der Waals surface area contributed by atoms with E-state index in [-0.39, 0.29) is 0 Å². The number of hydrogen-bond donors (Lipinski definition) is 2. The monoisotopic (exact) mass is 309 g/mol. The summed E-state index contributed by atoms with van der Waals surface area (Å²) in [5, 5.41) is 15.0. The summed E-state index contributed by atoms with van der Waals surface area (Å²) >= 11 is 0. The topological polar surface area (TPSA) is 70.9 Å². The van der Waals surface area contributed by atoms with Crippen LogP contribution in [-0.2, 0) is 19.4 Å². The van der Waals surface area contributed by atoms with Crippen molar-refractivity contribution in [2.45, 2.75) is 33.2 Å². The summed E-state index contributed by atoms with van der Waals surface area (Å²) in [6, 6.07) is 5.39. The van der Waals surface area contributed by atoms with E-state index in [1.54, 1.807) is 12.1 Å². The maximum Gasteiger partial charge on any atom is 0.336 e. The van der Waals surface area contributed by atoms with Crippen LogP contribution < -0.4 is 0 Å². The normalized spacial score (nSPS) is 13.3. The summed E-state index contributed by atoms with van der Waals surface area (Å²) in [7, 11) is 0. The Morgan fingerprint density at radius 2 is 2.22 bits per heavy atom. The molecule has 0 spiro atoms. The van der Waals surface area contributed by atoms with Crippen LogP contribution in [-0.4, -0.2) is 25.8 Å². The van der Waals surface area contributed by atoms with Gasteiger partial charge in [-0.3, -0.25) is 4.68 Å². The number of aromatic amines is 1. The van der Waals surface area contributed by atoms with Gasteiger partial charge in [0.1, 0.15) is 5.69 Å². The number of rotatable bonds is 3. The number of carboxylic acids is 1. The minimum absolute atomic E-state index is 0.366. The molecule has 0 atom stereocenters. The number of fused-ring (bicyclic) bond motifs is 5. The van der Waals surface area contributed by atoms with E-state index in [1.807, 2.05) is 10.7 Å². The first-order valence-corrected chi connectivity index (χ1v) is 7.98. The smallest absolute Gasteiger partial charge is 0.336 e. The van der Waals surface area contributed by atoms with Crippen LogP contribution in [0, 0.1) is 5.92 Å². The molecule has 1 aromatic carbocycles. The van der Waals surface area contributed by atoms with Gasteiger partial charge in [0.25, 0.3) is 0 Å². The second-order valence-electron chi connectivity index (χ2n) is 6.63. The van der Waals surface area contributed by atoms with Gasteiger partial charge >= 0.3 is 5.97 Å². The highest BCUT2D eigenvalue weighted by Crippen LogP contribution is 2.38. The molecule has 0 bridgehead atoms. The summed E-state index contributed by atoms with van der Waals surface area (Å²) in [6.45, 7) is 5.24. The Balaban J connectivity index is 1.92.